The highest BCUT2D eigenvalue weighted by Gasteiger charge is 2.22. The van der Waals surface area contributed by atoms with E-state index in [4.69, 9.17) is 21.9 Å². The van der Waals surface area contributed by atoms with Crippen LogP contribution in [0.15, 0.2) is 30.3 Å². The molecule has 0 spiro atoms. The van der Waals surface area contributed by atoms with Gasteiger partial charge in [0.2, 0.25) is 5.95 Å². The molecule has 1 heterocycles. The van der Waals surface area contributed by atoms with Gasteiger partial charge >= 0.3 is 5.97 Å². The first-order chi connectivity index (χ1) is 11.4. The van der Waals surface area contributed by atoms with Gasteiger partial charge in [0.05, 0.1) is 29.3 Å². The van der Waals surface area contributed by atoms with Gasteiger partial charge in [-0.3, -0.25) is 0 Å². The zero-order valence-electron chi connectivity index (χ0n) is 12.8. The Balaban J connectivity index is 2.47. The lowest BCUT2D eigenvalue weighted by molar-refractivity contribution is 0.0699. The molecule has 8 heteroatoms. The van der Waals surface area contributed by atoms with Gasteiger partial charge < -0.3 is 27.0 Å². The Labute approximate surface area is 136 Å². The molecule has 0 radical (unpaired) electrons. The average molecular weight is 325 g/mol. The van der Waals surface area contributed by atoms with Gasteiger partial charge in [-0.15, -0.1) is 0 Å². The van der Waals surface area contributed by atoms with Crippen LogP contribution in [0.5, 0.6) is 5.75 Å². The summed E-state index contributed by atoms with van der Waals surface area (Å²) in [5.74, 6) is -0.669. The molecule has 0 saturated heterocycles. The number of rotatable bonds is 3. The first kappa shape index (κ1) is 15.3. The second-order valence-corrected chi connectivity index (χ2v) is 5.08. The first-order valence-corrected chi connectivity index (χ1v) is 6.96. The fraction of sp³-hybridized carbons (Fsp3) is 0.0625. The van der Waals surface area contributed by atoms with Gasteiger partial charge in [-0.05, 0) is 12.1 Å². The highest BCUT2D eigenvalue weighted by atomic mass is 16.5. The lowest BCUT2D eigenvalue weighted by Gasteiger charge is -2.15. The van der Waals surface area contributed by atoms with Crippen molar-refractivity contribution < 1.29 is 14.6 Å². The molecule has 0 unspecified atom stereocenters. The molecule has 0 fully saturated rings. The minimum Gasteiger partial charge on any atom is -0.496 e. The molecule has 3 rings (SSSR count). The summed E-state index contributed by atoms with van der Waals surface area (Å²) in [6, 6.07) is 8.59. The molecule has 0 aliphatic heterocycles. The summed E-state index contributed by atoms with van der Waals surface area (Å²) in [4.78, 5) is 19.8. The summed E-state index contributed by atoms with van der Waals surface area (Å²) in [6.07, 6.45) is 0. The van der Waals surface area contributed by atoms with Crippen LogP contribution in [-0.2, 0) is 0 Å². The zero-order chi connectivity index (χ0) is 17.4. The number of nitrogens with two attached hydrogens (primary N) is 3. The number of anilines is 3. The maximum Gasteiger partial charge on any atom is 0.338 e. The van der Waals surface area contributed by atoms with Crippen LogP contribution >= 0.6 is 0 Å². The van der Waals surface area contributed by atoms with Crippen molar-refractivity contribution >= 4 is 34.3 Å². The minimum absolute atomic E-state index is 0.0154. The largest absolute Gasteiger partial charge is 0.496 e. The maximum absolute atomic E-state index is 11.8. The van der Waals surface area contributed by atoms with Gasteiger partial charge in [-0.2, -0.15) is 4.98 Å². The number of benzene rings is 2. The van der Waals surface area contributed by atoms with Gasteiger partial charge in [0.25, 0.3) is 0 Å². The number of carboxylic acid groups (broad SMARTS) is 1. The van der Waals surface area contributed by atoms with Crippen molar-refractivity contribution in [2.45, 2.75) is 0 Å². The molecule has 7 N–H and O–H groups in total. The Morgan fingerprint density at radius 3 is 2.50 bits per heavy atom. The molecule has 8 nitrogen and oxygen atoms in total. The van der Waals surface area contributed by atoms with E-state index in [1.54, 1.807) is 30.3 Å². The van der Waals surface area contributed by atoms with E-state index in [2.05, 4.69) is 9.97 Å². The second kappa shape index (κ2) is 5.58. The summed E-state index contributed by atoms with van der Waals surface area (Å²) < 4.78 is 5.32. The number of hydrogen-bond donors (Lipinski definition) is 4. The number of fused-ring (bicyclic) bond motifs is 1. The van der Waals surface area contributed by atoms with Gasteiger partial charge in [0, 0.05) is 11.1 Å². The van der Waals surface area contributed by atoms with Crippen molar-refractivity contribution in [1.82, 2.24) is 9.97 Å². The number of carboxylic acids is 1. The Morgan fingerprint density at radius 2 is 1.83 bits per heavy atom. The normalized spacial score (nSPS) is 10.7. The van der Waals surface area contributed by atoms with Crippen molar-refractivity contribution in [2.75, 3.05) is 24.3 Å². The SMILES string of the molecule is COc1ccccc1-c1cc2nc(N)nc(N)c2c(N)c1C(=O)O. The van der Waals surface area contributed by atoms with E-state index in [9.17, 15) is 9.90 Å². The third-order valence-corrected chi connectivity index (χ3v) is 3.68. The molecule has 0 saturated carbocycles. The van der Waals surface area contributed by atoms with Crippen LogP contribution in [0, 0.1) is 0 Å². The summed E-state index contributed by atoms with van der Waals surface area (Å²) >= 11 is 0. The molecule has 2 aromatic carbocycles. The van der Waals surface area contributed by atoms with Crippen LogP contribution in [0.3, 0.4) is 0 Å². The third-order valence-electron chi connectivity index (χ3n) is 3.68. The van der Waals surface area contributed by atoms with E-state index >= 15 is 0 Å². The number of nitrogens with zero attached hydrogens (tertiary/aromatic N) is 2. The number of aromatic carboxylic acids is 1. The molecule has 0 amide bonds. The Kier molecular flexibility index (Phi) is 3.57. The smallest absolute Gasteiger partial charge is 0.338 e. The highest BCUT2D eigenvalue weighted by molar-refractivity contribution is 6.13. The summed E-state index contributed by atoms with van der Waals surface area (Å²) in [5, 5.41) is 9.91. The topological polar surface area (TPSA) is 150 Å². The number of ether oxygens (including phenoxy) is 1. The molecule has 3 aromatic rings. The second-order valence-electron chi connectivity index (χ2n) is 5.08. The number of nitrogen functional groups attached to an aromatic ring is 3. The van der Waals surface area contributed by atoms with Crippen LogP contribution < -0.4 is 21.9 Å². The van der Waals surface area contributed by atoms with Crippen LogP contribution in [0.2, 0.25) is 0 Å². The quantitative estimate of drug-likeness (QED) is 0.532. The molecule has 0 bridgehead atoms. The van der Waals surface area contributed by atoms with Crippen LogP contribution in [-0.4, -0.2) is 28.2 Å². The van der Waals surface area contributed by atoms with Crippen LogP contribution in [0.1, 0.15) is 10.4 Å². The van der Waals surface area contributed by atoms with Gasteiger partial charge in [0.15, 0.2) is 0 Å². The lowest BCUT2D eigenvalue weighted by atomic mass is 9.95. The van der Waals surface area contributed by atoms with E-state index in [1.165, 1.54) is 7.11 Å². The first-order valence-electron chi connectivity index (χ1n) is 6.96. The van der Waals surface area contributed by atoms with E-state index in [0.717, 1.165) is 0 Å². The molecule has 0 aliphatic carbocycles. The van der Waals surface area contributed by atoms with Gasteiger partial charge in [0.1, 0.15) is 11.6 Å². The zero-order valence-corrected chi connectivity index (χ0v) is 12.8. The number of methoxy groups -OCH3 is 1. The molecular weight excluding hydrogens is 310 g/mol. The molecule has 0 atom stereocenters. The maximum atomic E-state index is 11.8. The van der Waals surface area contributed by atoms with Crippen LogP contribution in [0.25, 0.3) is 22.0 Å². The third kappa shape index (κ3) is 2.30. The monoisotopic (exact) mass is 325 g/mol. The minimum atomic E-state index is -1.19. The van der Waals surface area contributed by atoms with E-state index in [1.807, 2.05) is 0 Å². The predicted molar refractivity (Wildman–Crippen MR) is 91.7 cm³/mol. The Bertz CT molecular complexity index is 972. The van der Waals surface area contributed by atoms with E-state index in [0.29, 0.717) is 22.4 Å². The molecule has 122 valence electrons. The van der Waals surface area contributed by atoms with Gasteiger partial charge in [-0.1, -0.05) is 18.2 Å². The highest BCUT2D eigenvalue weighted by Crippen LogP contribution is 2.39. The fourth-order valence-corrected chi connectivity index (χ4v) is 2.68. The van der Waals surface area contributed by atoms with Crippen molar-refractivity contribution in [2.24, 2.45) is 0 Å². The van der Waals surface area contributed by atoms with Crippen LogP contribution in [0.4, 0.5) is 17.5 Å². The molecule has 0 aliphatic rings. The van der Waals surface area contributed by atoms with E-state index in [-0.39, 0.29) is 28.4 Å². The summed E-state index contributed by atoms with van der Waals surface area (Å²) in [6.45, 7) is 0. The Morgan fingerprint density at radius 1 is 1.12 bits per heavy atom. The molecule has 1 aromatic heterocycles. The van der Waals surface area contributed by atoms with Crippen molar-refractivity contribution in [3.8, 4) is 16.9 Å². The van der Waals surface area contributed by atoms with Gasteiger partial charge in [-0.25, -0.2) is 9.78 Å². The lowest BCUT2D eigenvalue weighted by Crippen LogP contribution is -2.09. The van der Waals surface area contributed by atoms with Crippen molar-refractivity contribution in [3.05, 3.63) is 35.9 Å². The number of carbonyl (C=O) groups is 1. The number of para-hydroxylation sites is 1. The number of hydrogen-bond acceptors (Lipinski definition) is 7. The standard InChI is InChI=1S/C16H15N5O3/c1-24-10-5-3-2-4-7(10)8-6-9-12(13(17)11(8)15(22)23)14(18)21-16(19)20-9/h2-6H,17H2,1H3,(H,22,23)(H4,18,19,20,21). The average Bonchev–Trinajstić information content (AvgIpc) is 2.53. The summed E-state index contributed by atoms with van der Waals surface area (Å²) in [5.41, 5.74) is 18.7. The predicted octanol–water partition coefficient (Wildman–Crippen LogP) is 1.75. The summed E-state index contributed by atoms with van der Waals surface area (Å²) in [7, 11) is 1.50. The molecule has 24 heavy (non-hydrogen) atoms. The molecular formula is C16H15N5O3. The fourth-order valence-electron chi connectivity index (χ4n) is 2.68. The Hall–Kier alpha value is -3.55. The van der Waals surface area contributed by atoms with Crippen molar-refractivity contribution in [1.29, 1.82) is 0 Å². The number of aromatic nitrogens is 2. The van der Waals surface area contributed by atoms with E-state index < -0.39 is 5.97 Å². The van der Waals surface area contributed by atoms with Crippen molar-refractivity contribution in [3.63, 3.8) is 0 Å².